The summed E-state index contributed by atoms with van der Waals surface area (Å²) in [6.45, 7) is 0. The molecule has 0 radical (unpaired) electrons. The Hall–Kier alpha value is -2.75. The van der Waals surface area contributed by atoms with Crippen LogP contribution in [0.2, 0.25) is 0 Å². The van der Waals surface area contributed by atoms with Crippen LogP contribution in [0.3, 0.4) is 0 Å². The van der Waals surface area contributed by atoms with Gasteiger partial charge in [0.1, 0.15) is 5.82 Å². The average Bonchev–Trinajstić information content (AvgIpc) is 2.50. The van der Waals surface area contributed by atoms with E-state index >= 15 is 0 Å². The van der Waals surface area contributed by atoms with Crippen molar-refractivity contribution in [1.29, 1.82) is 0 Å². The molecular formula is C17H11F2NO. The maximum Gasteiger partial charge on any atom is 0.199 e. The molecule has 2 nitrogen and oxygen atoms in total. The van der Waals surface area contributed by atoms with Gasteiger partial charge in [0.25, 0.3) is 0 Å². The minimum Gasteiger partial charge on any atom is -0.396 e. The minimum atomic E-state index is -1.02. The van der Waals surface area contributed by atoms with Gasteiger partial charge in [-0.25, -0.2) is 8.78 Å². The van der Waals surface area contributed by atoms with Gasteiger partial charge in [-0.05, 0) is 22.9 Å². The van der Waals surface area contributed by atoms with Crippen molar-refractivity contribution in [2.24, 2.45) is 0 Å². The van der Waals surface area contributed by atoms with E-state index in [1.54, 1.807) is 24.3 Å². The molecule has 0 saturated carbocycles. The van der Waals surface area contributed by atoms with E-state index in [1.807, 2.05) is 18.2 Å². The van der Waals surface area contributed by atoms with E-state index in [9.17, 15) is 13.6 Å². The van der Waals surface area contributed by atoms with Gasteiger partial charge in [0.05, 0.1) is 11.3 Å². The molecule has 0 saturated heterocycles. The first-order valence-electron chi connectivity index (χ1n) is 6.35. The summed E-state index contributed by atoms with van der Waals surface area (Å²) in [7, 11) is 0. The van der Waals surface area contributed by atoms with Crippen LogP contribution < -0.4 is 5.73 Å². The highest BCUT2D eigenvalue weighted by Gasteiger charge is 2.22. The zero-order valence-electron chi connectivity index (χ0n) is 10.9. The van der Waals surface area contributed by atoms with E-state index in [-0.39, 0.29) is 11.3 Å². The van der Waals surface area contributed by atoms with Crippen molar-refractivity contribution >= 4 is 22.2 Å². The van der Waals surface area contributed by atoms with Crippen molar-refractivity contribution in [1.82, 2.24) is 0 Å². The highest BCUT2D eigenvalue weighted by molar-refractivity contribution is 6.16. The molecule has 0 aliphatic carbocycles. The summed E-state index contributed by atoms with van der Waals surface area (Å²) < 4.78 is 27.9. The summed E-state index contributed by atoms with van der Waals surface area (Å²) in [5.74, 6) is -2.65. The van der Waals surface area contributed by atoms with Gasteiger partial charge in [-0.1, -0.05) is 42.5 Å². The third-order valence-electron chi connectivity index (χ3n) is 3.38. The van der Waals surface area contributed by atoms with Gasteiger partial charge in [0, 0.05) is 5.56 Å². The number of anilines is 1. The molecule has 3 aromatic carbocycles. The first kappa shape index (κ1) is 13.2. The molecule has 0 atom stereocenters. The van der Waals surface area contributed by atoms with Gasteiger partial charge in [-0.3, -0.25) is 4.79 Å². The summed E-state index contributed by atoms with van der Waals surface area (Å²) in [4.78, 5) is 12.5. The number of ketones is 1. The molecule has 0 spiro atoms. The number of fused-ring (bicyclic) bond motifs is 1. The van der Waals surface area contributed by atoms with Crippen LogP contribution in [0.1, 0.15) is 15.9 Å². The molecule has 4 heteroatoms. The van der Waals surface area contributed by atoms with Crippen LogP contribution in [0, 0.1) is 11.6 Å². The first-order valence-corrected chi connectivity index (χ1v) is 6.35. The molecule has 0 bridgehead atoms. The van der Waals surface area contributed by atoms with Gasteiger partial charge >= 0.3 is 0 Å². The second-order valence-electron chi connectivity index (χ2n) is 4.68. The fraction of sp³-hybridized carbons (Fsp3) is 0. The number of rotatable bonds is 2. The van der Waals surface area contributed by atoms with E-state index in [0.717, 1.165) is 17.5 Å². The number of hydrogen-bond acceptors (Lipinski definition) is 2. The molecular weight excluding hydrogens is 272 g/mol. The zero-order chi connectivity index (χ0) is 15.0. The third kappa shape index (κ3) is 2.14. The maximum atomic E-state index is 14.0. The van der Waals surface area contributed by atoms with E-state index in [0.29, 0.717) is 5.39 Å². The largest absolute Gasteiger partial charge is 0.396 e. The molecule has 3 rings (SSSR count). The third-order valence-corrected chi connectivity index (χ3v) is 3.38. The lowest BCUT2D eigenvalue weighted by Crippen LogP contribution is -2.10. The Morgan fingerprint density at radius 2 is 1.62 bits per heavy atom. The highest BCUT2D eigenvalue weighted by atomic mass is 19.1. The van der Waals surface area contributed by atoms with E-state index in [4.69, 9.17) is 5.73 Å². The highest BCUT2D eigenvalue weighted by Crippen LogP contribution is 2.25. The normalized spacial score (nSPS) is 10.8. The molecule has 0 aliphatic rings. The Kier molecular flexibility index (Phi) is 3.14. The number of carbonyl (C=O) groups excluding carboxylic acids is 1. The van der Waals surface area contributed by atoms with Crippen LogP contribution in [-0.4, -0.2) is 5.78 Å². The van der Waals surface area contributed by atoms with E-state index in [2.05, 4.69) is 0 Å². The molecule has 3 aromatic rings. The first-order chi connectivity index (χ1) is 10.1. The Morgan fingerprint density at radius 3 is 2.43 bits per heavy atom. The molecule has 21 heavy (non-hydrogen) atoms. The number of nitrogens with two attached hydrogens (primary N) is 1. The summed E-state index contributed by atoms with van der Waals surface area (Å²) in [5.41, 5.74) is 4.80. The number of benzene rings is 3. The Bertz CT molecular complexity index is 853. The monoisotopic (exact) mass is 283 g/mol. The SMILES string of the molecule is Nc1ccc(F)c(C(=O)c2cccc3ccccc23)c1F. The van der Waals surface area contributed by atoms with Gasteiger partial charge in [-0.2, -0.15) is 0 Å². The van der Waals surface area contributed by atoms with Crippen molar-refractivity contribution in [3.05, 3.63) is 77.4 Å². The number of carbonyl (C=O) groups is 1. The van der Waals surface area contributed by atoms with Crippen LogP contribution in [0.15, 0.2) is 54.6 Å². The molecule has 0 fully saturated rings. The van der Waals surface area contributed by atoms with Crippen molar-refractivity contribution in [3.8, 4) is 0 Å². The topological polar surface area (TPSA) is 43.1 Å². The lowest BCUT2D eigenvalue weighted by atomic mass is 9.96. The number of halogens is 2. The molecule has 104 valence electrons. The smallest absolute Gasteiger partial charge is 0.199 e. The van der Waals surface area contributed by atoms with E-state index in [1.165, 1.54) is 0 Å². The van der Waals surface area contributed by atoms with E-state index < -0.39 is 23.0 Å². The maximum absolute atomic E-state index is 14.0. The fourth-order valence-electron chi connectivity index (χ4n) is 2.33. The van der Waals surface area contributed by atoms with Crippen molar-refractivity contribution in [3.63, 3.8) is 0 Å². The molecule has 0 aliphatic heterocycles. The second kappa shape index (κ2) is 4.98. The lowest BCUT2D eigenvalue weighted by molar-refractivity contribution is 0.103. The molecule has 0 aromatic heterocycles. The van der Waals surface area contributed by atoms with Crippen LogP contribution in [0.5, 0.6) is 0 Å². The molecule has 0 unspecified atom stereocenters. The summed E-state index contributed by atoms with van der Waals surface area (Å²) in [6, 6.07) is 14.3. The minimum absolute atomic E-state index is 0.247. The second-order valence-corrected chi connectivity index (χ2v) is 4.68. The predicted octanol–water partition coefficient (Wildman–Crippen LogP) is 3.93. The molecule has 0 heterocycles. The van der Waals surface area contributed by atoms with Crippen molar-refractivity contribution in [2.45, 2.75) is 0 Å². The molecule has 2 N–H and O–H groups in total. The number of hydrogen-bond donors (Lipinski definition) is 1. The molecule has 0 amide bonds. The number of nitrogen functional groups attached to an aromatic ring is 1. The Morgan fingerprint density at radius 1 is 0.905 bits per heavy atom. The van der Waals surface area contributed by atoms with Gasteiger partial charge in [0.2, 0.25) is 0 Å². The van der Waals surface area contributed by atoms with Gasteiger partial charge in [0.15, 0.2) is 11.6 Å². The van der Waals surface area contributed by atoms with Crippen LogP contribution in [0.4, 0.5) is 14.5 Å². The van der Waals surface area contributed by atoms with Crippen LogP contribution in [0.25, 0.3) is 10.8 Å². The Balaban J connectivity index is 2.25. The fourth-order valence-corrected chi connectivity index (χ4v) is 2.33. The van der Waals surface area contributed by atoms with Crippen molar-refractivity contribution in [2.75, 3.05) is 5.73 Å². The lowest BCUT2D eigenvalue weighted by Gasteiger charge is -2.09. The van der Waals surface area contributed by atoms with Gasteiger partial charge < -0.3 is 5.73 Å². The Labute approximate surface area is 119 Å². The van der Waals surface area contributed by atoms with Crippen LogP contribution in [-0.2, 0) is 0 Å². The van der Waals surface area contributed by atoms with Crippen LogP contribution >= 0.6 is 0 Å². The predicted molar refractivity (Wildman–Crippen MR) is 78.2 cm³/mol. The summed E-state index contributed by atoms with van der Waals surface area (Å²) in [5, 5.41) is 1.47. The summed E-state index contributed by atoms with van der Waals surface area (Å²) in [6.07, 6.45) is 0. The average molecular weight is 283 g/mol. The summed E-state index contributed by atoms with van der Waals surface area (Å²) >= 11 is 0. The quantitative estimate of drug-likeness (QED) is 0.572. The zero-order valence-corrected chi connectivity index (χ0v) is 10.9. The van der Waals surface area contributed by atoms with Gasteiger partial charge in [-0.15, -0.1) is 0 Å². The standard InChI is InChI=1S/C17H11F2NO/c18-13-8-9-14(20)16(19)15(13)17(21)12-7-3-5-10-4-1-2-6-11(10)12/h1-9H,20H2. The van der Waals surface area contributed by atoms with Crippen molar-refractivity contribution < 1.29 is 13.6 Å².